The fraction of sp³-hybridized carbons (Fsp3) is 0.375. The fourth-order valence-corrected chi connectivity index (χ4v) is 5.54. The second-order valence-corrected chi connectivity index (χ2v) is 8.22. The zero-order valence-corrected chi connectivity index (χ0v) is 13.2. The molecule has 4 rings (SSSR count). The first-order chi connectivity index (χ1) is 10.1. The third kappa shape index (κ3) is 2.28. The molecule has 4 unspecified atom stereocenters. The monoisotopic (exact) mass is 302 g/mol. The number of hydrogen-bond acceptors (Lipinski definition) is 2. The summed E-state index contributed by atoms with van der Waals surface area (Å²) in [4.78, 5) is 0. The first-order valence-corrected chi connectivity index (χ1v) is 8.94. The maximum absolute atomic E-state index is 13.3. The van der Waals surface area contributed by atoms with Crippen molar-refractivity contribution in [2.45, 2.75) is 25.9 Å². The van der Waals surface area contributed by atoms with E-state index in [2.05, 4.69) is 19.9 Å². The van der Waals surface area contributed by atoms with Crippen LogP contribution >= 0.6 is 7.67 Å². The predicted octanol–water partition coefficient (Wildman–Crippen LogP) is 3.73. The third-order valence-electron chi connectivity index (χ3n) is 4.25. The second-order valence-electron chi connectivity index (χ2n) is 6.03. The first-order valence-electron chi connectivity index (χ1n) is 7.40. The molecule has 5 heteroatoms. The van der Waals surface area contributed by atoms with E-state index in [1.807, 2.05) is 45.7 Å². The summed E-state index contributed by atoms with van der Waals surface area (Å²) in [5, 5.41) is 2.28. The molecule has 2 saturated heterocycles. The van der Waals surface area contributed by atoms with Crippen molar-refractivity contribution in [1.29, 1.82) is 0 Å². The molecule has 2 aliphatic heterocycles. The molecule has 0 amide bonds. The lowest BCUT2D eigenvalue weighted by molar-refractivity contribution is 0.400. The van der Waals surface area contributed by atoms with Crippen LogP contribution in [0.25, 0.3) is 10.8 Å². The first kappa shape index (κ1) is 13.3. The van der Waals surface area contributed by atoms with Gasteiger partial charge in [-0.2, -0.15) is 0 Å². The van der Waals surface area contributed by atoms with Crippen LogP contribution in [0.2, 0.25) is 0 Å². The highest BCUT2D eigenvalue weighted by Crippen LogP contribution is 2.64. The maximum atomic E-state index is 13.3. The van der Waals surface area contributed by atoms with Gasteiger partial charge in [0.05, 0.1) is 0 Å². The topological polar surface area (TPSA) is 32.3 Å². The van der Waals surface area contributed by atoms with Gasteiger partial charge in [-0.1, -0.05) is 30.3 Å². The Hall–Kier alpha value is -1.35. The van der Waals surface area contributed by atoms with Crippen molar-refractivity contribution in [3.63, 3.8) is 0 Å². The molecule has 2 aliphatic rings. The molecule has 2 heterocycles. The number of benzene rings is 2. The highest BCUT2D eigenvalue weighted by Gasteiger charge is 2.57. The Bertz CT molecular complexity index is 728. The summed E-state index contributed by atoms with van der Waals surface area (Å²) in [6, 6.07) is 14.7. The third-order valence-corrected chi connectivity index (χ3v) is 7.11. The van der Waals surface area contributed by atoms with Crippen LogP contribution in [-0.4, -0.2) is 34.5 Å². The normalized spacial score (nSPS) is 33.4. The lowest BCUT2D eigenvalue weighted by atomic mass is 10.1. The zero-order chi connectivity index (χ0) is 14.6. The van der Waals surface area contributed by atoms with Crippen molar-refractivity contribution in [3.8, 4) is 5.75 Å². The highest BCUT2D eigenvalue weighted by atomic mass is 31.2. The molecule has 2 aromatic carbocycles. The van der Waals surface area contributed by atoms with Gasteiger partial charge in [-0.05, 0) is 36.8 Å². The Kier molecular flexibility index (Phi) is 2.90. The zero-order valence-electron chi connectivity index (χ0n) is 12.3. The molecule has 0 radical (unpaired) electrons. The number of fused-ring (bicyclic) bond motifs is 1. The lowest BCUT2D eigenvalue weighted by Crippen LogP contribution is -2.13. The van der Waals surface area contributed by atoms with Gasteiger partial charge in [-0.25, -0.2) is 13.9 Å². The number of hydrogen-bond donors (Lipinski definition) is 0. The van der Waals surface area contributed by atoms with Gasteiger partial charge in [0.1, 0.15) is 5.75 Å². The van der Waals surface area contributed by atoms with Gasteiger partial charge < -0.3 is 4.52 Å². The van der Waals surface area contributed by atoms with Gasteiger partial charge in [0.15, 0.2) is 0 Å². The van der Waals surface area contributed by atoms with Crippen molar-refractivity contribution in [3.05, 3.63) is 42.5 Å². The number of rotatable bonds is 4. The van der Waals surface area contributed by atoms with E-state index in [-0.39, 0.29) is 0 Å². The van der Waals surface area contributed by atoms with E-state index in [4.69, 9.17) is 4.52 Å². The molecule has 0 spiro atoms. The van der Waals surface area contributed by atoms with Crippen molar-refractivity contribution in [1.82, 2.24) is 9.34 Å². The largest absolute Gasteiger partial charge is 0.422 e. The van der Waals surface area contributed by atoms with Crippen molar-refractivity contribution < 1.29 is 9.09 Å². The summed E-state index contributed by atoms with van der Waals surface area (Å²) >= 11 is 0. The molecule has 4 nitrogen and oxygen atoms in total. The Morgan fingerprint density at radius 3 is 2.14 bits per heavy atom. The Balaban J connectivity index is 1.66. The van der Waals surface area contributed by atoms with E-state index in [0.717, 1.165) is 18.5 Å². The number of nitrogens with zero attached hydrogens (tertiary/aromatic N) is 2. The van der Waals surface area contributed by atoms with E-state index < -0.39 is 7.67 Å². The Labute approximate surface area is 124 Å². The van der Waals surface area contributed by atoms with Crippen LogP contribution in [0.3, 0.4) is 0 Å². The van der Waals surface area contributed by atoms with Gasteiger partial charge in [0.25, 0.3) is 0 Å². The van der Waals surface area contributed by atoms with Crippen LogP contribution < -0.4 is 4.52 Å². The quantitative estimate of drug-likeness (QED) is 0.636. The van der Waals surface area contributed by atoms with Crippen molar-refractivity contribution >= 4 is 18.4 Å². The lowest BCUT2D eigenvalue weighted by Gasteiger charge is -2.22. The van der Waals surface area contributed by atoms with Gasteiger partial charge in [0.2, 0.25) is 0 Å². The molecule has 0 aliphatic carbocycles. The molecule has 0 saturated carbocycles. The summed E-state index contributed by atoms with van der Waals surface area (Å²) in [7, 11) is -2.89. The summed E-state index contributed by atoms with van der Waals surface area (Å²) in [6.45, 7) is 5.89. The maximum Gasteiger partial charge on any atom is 0.396 e. The molecule has 110 valence electrons. The standard InChI is InChI=1S/C16H19N2O2P/c1-12-10-17(12)21(19,18-11-13(18)2)20-16-8-7-14-5-3-4-6-15(14)9-16/h3-9,12-13H,10-11H2,1-2H3. The van der Waals surface area contributed by atoms with Crippen molar-refractivity contribution in [2.24, 2.45) is 0 Å². The molecule has 0 aromatic heterocycles. The van der Waals surface area contributed by atoms with Crippen LogP contribution in [0.4, 0.5) is 0 Å². The van der Waals surface area contributed by atoms with Gasteiger partial charge in [-0.15, -0.1) is 0 Å². The fourth-order valence-electron chi connectivity index (χ4n) is 2.77. The molecular formula is C16H19N2O2P. The predicted molar refractivity (Wildman–Crippen MR) is 84.5 cm³/mol. The Morgan fingerprint density at radius 2 is 1.57 bits per heavy atom. The summed E-state index contributed by atoms with van der Waals surface area (Å²) in [5.41, 5.74) is 0. The second kappa shape index (κ2) is 4.57. The van der Waals surface area contributed by atoms with E-state index in [9.17, 15) is 4.57 Å². The molecule has 2 aromatic rings. The smallest absolute Gasteiger partial charge is 0.396 e. The van der Waals surface area contributed by atoms with Crippen LogP contribution in [0.1, 0.15) is 13.8 Å². The summed E-state index contributed by atoms with van der Waals surface area (Å²) in [5.74, 6) is 0.690. The van der Waals surface area contributed by atoms with Gasteiger partial charge in [0, 0.05) is 25.2 Å². The molecule has 0 bridgehead atoms. The molecule has 2 fully saturated rings. The Morgan fingerprint density at radius 1 is 1.00 bits per heavy atom. The highest BCUT2D eigenvalue weighted by molar-refractivity contribution is 7.55. The summed E-state index contributed by atoms with van der Waals surface area (Å²) < 4.78 is 23.3. The summed E-state index contributed by atoms with van der Waals surface area (Å²) in [6.07, 6.45) is 0. The van der Waals surface area contributed by atoms with Crippen LogP contribution in [-0.2, 0) is 4.57 Å². The van der Waals surface area contributed by atoms with E-state index >= 15 is 0 Å². The minimum absolute atomic E-state index is 0.351. The molecule has 4 atom stereocenters. The SMILES string of the molecule is CC1CN1P(=O)(Oc1ccc2ccccc2c1)N1CC1C. The van der Waals surface area contributed by atoms with E-state index in [0.29, 0.717) is 17.8 Å². The molecular weight excluding hydrogens is 283 g/mol. The van der Waals surface area contributed by atoms with Crippen LogP contribution in [0.5, 0.6) is 5.75 Å². The minimum atomic E-state index is -2.89. The minimum Gasteiger partial charge on any atom is -0.422 e. The average Bonchev–Trinajstić information content (AvgIpc) is 3.37. The van der Waals surface area contributed by atoms with Crippen LogP contribution in [0.15, 0.2) is 42.5 Å². The molecule has 0 N–H and O–H groups in total. The van der Waals surface area contributed by atoms with Crippen molar-refractivity contribution in [2.75, 3.05) is 13.1 Å². The average molecular weight is 302 g/mol. The molecule has 21 heavy (non-hydrogen) atoms. The van der Waals surface area contributed by atoms with E-state index in [1.165, 1.54) is 5.39 Å². The van der Waals surface area contributed by atoms with Gasteiger partial charge >= 0.3 is 7.67 Å². The van der Waals surface area contributed by atoms with E-state index in [1.54, 1.807) is 0 Å². The van der Waals surface area contributed by atoms with Gasteiger partial charge in [-0.3, -0.25) is 0 Å². The van der Waals surface area contributed by atoms with Crippen LogP contribution in [0, 0.1) is 0 Å².